The summed E-state index contributed by atoms with van der Waals surface area (Å²) in [5.41, 5.74) is 0. The van der Waals surface area contributed by atoms with E-state index in [4.69, 9.17) is 14.2 Å². The minimum atomic E-state index is -0.801. The zero-order valence-electron chi connectivity index (χ0n) is 54.2. The van der Waals surface area contributed by atoms with Gasteiger partial charge in [-0.3, -0.25) is 14.4 Å². The molecule has 1 unspecified atom stereocenters. The van der Waals surface area contributed by atoms with Crippen molar-refractivity contribution in [2.75, 3.05) is 13.2 Å². The highest BCUT2D eigenvalue weighted by molar-refractivity contribution is 5.71. The third-order valence-corrected chi connectivity index (χ3v) is 14.6. The van der Waals surface area contributed by atoms with Crippen LogP contribution in [0.15, 0.2) is 134 Å². The Hall–Kier alpha value is -4.45. The lowest BCUT2D eigenvalue weighted by Crippen LogP contribution is -2.30. The molecule has 0 saturated carbocycles. The summed E-state index contributed by atoms with van der Waals surface area (Å²) in [5.74, 6) is -0.926. The number of ether oxygens (including phenoxy) is 3. The Balaban J connectivity index is 4.42. The Morgan fingerprint density at radius 2 is 0.470 bits per heavy atom. The van der Waals surface area contributed by atoms with Gasteiger partial charge in [0.2, 0.25) is 0 Å². The van der Waals surface area contributed by atoms with E-state index in [-0.39, 0.29) is 31.1 Å². The summed E-state index contributed by atoms with van der Waals surface area (Å²) in [6.07, 6.45) is 98.9. The lowest BCUT2D eigenvalue weighted by molar-refractivity contribution is -0.167. The lowest BCUT2D eigenvalue weighted by atomic mass is 10.0. The number of carbonyl (C=O) groups is 3. The second-order valence-electron chi connectivity index (χ2n) is 22.7. The quantitative estimate of drug-likeness (QED) is 0.0261. The number of unbranched alkanes of at least 4 members (excludes halogenated alkanes) is 29. The fourth-order valence-corrected chi connectivity index (χ4v) is 9.47. The first-order valence-corrected chi connectivity index (χ1v) is 34.7. The third-order valence-electron chi connectivity index (χ3n) is 14.6. The van der Waals surface area contributed by atoms with Crippen LogP contribution >= 0.6 is 0 Å². The monoisotopic (exact) mass is 1150 g/mol. The Kier molecular flexibility index (Phi) is 66.3. The van der Waals surface area contributed by atoms with Gasteiger partial charge in [-0.1, -0.05) is 309 Å². The van der Waals surface area contributed by atoms with Crippen molar-refractivity contribution in [1.29, 1.82) is 0 Å². The zero-order valence-corrected chi connectivity index (χ0v) is 54.2. The van der Waals surface area contributed by atoms with Crippen molar-refractivity contribution in [2.24, 2.45) is 0 Å². The van der Waals surface area contributed by atoms with Crippen molar-refractivity contribution < 1.29 is 28.6 Å². The first-order chi connectivity index (χ1) is 41.0. The summed E-state index contributed by atoms with van der Waals surface area (Å²) in [7, 11) is 0. The van der Waals surface area contributed by atoms with E-state index < -0.39 is 6.10 Å². The molecule has 0 aromatic heterocycles. The number of hydrogen-bond acceptors (Lipinski definition) is 6. The maximum Gasteiger partial charge on any atom is 0.306 e. The van der Waals surface area contributed by atoms with E-state index in [0.717, 1.165) is 135 Å². The summed E-state index contributed by atoms with van der Waals surface area (Å²) < 4.78 is 16.9. The van der Waals surface area contributed by atoms with Crippen molar-refractivity contribution in [2.45, 2.75) is 322 Å². The molecule has 83 heavy (non-hydrogen) atoms. The zero-order chi connectivity index (χ0) is 59.9. The van der Waals surface area contributed by atoms with Crippen LogP contribution in [0.25, 0.3) is 0 Å². The lowest BCUT2D eigenvalue weighted by Gasteiger charge is -2.18. The number of hydrogen-bond donors (Lipinski definition) is 0. The van der Waals surface area contributed by atoms with Crippen LogP contribution in [0.1, 0.15) is 316 Å². The van der Waals surface area contributed by atoms with Crippen molar-refractivity contribution in [3.63, 3.8) is 0 Å². The van der Waals surface area contributed by atoms with Crippen LogP contribution in [0.5, 0.6) is 0 Å². The summed E-state index contributed by atoms with van der Waals surface area (Å²) in [5, 5.41) is 0. The van der Waals surface area contributed by atoms with Crippen molar-refractivity contribution in [1.82, 2.24) is 0 Å². The average molecular weight is 1150 g/mol. The number of carbonyl (C=O) groups excluding carboxylic acids is 3. The van der Waals surface area contributed by atoms with E-state index in [1.807, 2.05) is 0 Å². The Labute approximate surface area is 513 Å². The highest BCUT2D eigenvalue weighted by Gasteiger charge is 2.19. The highest BCUT2D eigenvalue weighted by Crippen LogP contribution is 2.16. The molecule has 0 N–H and O–H groups in total. The first kappa shape index (κ1) is 78.5. The summed E-state index contributed by atoms with van der Waals surface area (Å²) >= 11 is 0. The molecular weight excluding hydrogens is 1020 g/mol. The maximum atomic E-state index is 12.9. The summed E-state index contributed by atoms with van der Waals surface area (Å²) in [6.45, 7) is 6.50. The molecule has 0 aliphatic heterocycles. The summed E-state index contributed by atoms with van der Waals surface area (Å²) in [4.78, 5) is 38.4. The minimum absolute atomic E-state index is 0.0922. The second-order valence-corrected chi connectivity index (χ2v) is 22.7. The SMILES string of the molecule is CC/C=C\C/C=C\C/C=C\C/C=C\C/C=C\C/C=C\C/C=C\C/C=C\C/C=C\CCCCCC(=O)OCC(COC(=O)CCCCCCCCCCCCCCCCCC)OC(=O)CCCCCCCCC/C=C\C/C=C\CCCCCC. The molecule has 0 spiro atoms. The molecule has 0 bridgehead atoms. The molecule has 0 rings (SSSR count). The van der Waals surface area contributed by atoms with Gasteiger partial charge in [0.05, 0.1) is 0 Å². The molecule has 0 aliphatic rings. The fourth-order valence-electron chi connectivity index (χ4n) is 9.47. The van der Waals surface area contributed by atoms with E-state index in [0.29, 0.717) is 19.3 Å². The van der Waals surface area contributed by atoms with Gasteiger partial charge in [0.25, 0.3) is 0 Å². The maximum absolute atomic E-state index is 12.9. The van der Waals surface area contributed by atoms with Crippen LogP contribution in [0, 0.1) is 0 Å². The van der Waals surface area contributed by atoms with Crippen LogP contribution in [0.4, 0.5) is 0 Å². The van der Waals surface area contributed by atoms with Gasteiger partial charge >= 0.3 is 17.9 Å². The normalized spacial score (nSPS) is 13.0. The molecule has 6 nitrogen and oxygen atoms in total. The van der Waals surface area contributed by atoms with Gasteiger partial charge in [-0.05, 0) is 122 Å². The molecule has 472 valence electrons. The fraction of sp³-hybridized carbons (Fsp3) is 0.675. The van der Waals surface area contributed by atoms with Gasteiger partial charge in [0.15, 0.2) is 6.10 Å². The molecule has 0 aromatic carbocycles. The van der Waals surface area contributed by atoms with Gasteiger partial charge in [0.1, 0.15) is 13.2 Å². The predicted molar refractivity (Wildman–Crippen MR) is 362 cm³/mol. The minimum Gasteiger partial charge on any atom is -0.462 e. The van der Waals surface area contributed by atoms with E-state index in [2.05, 4.69) is 154 Å². The van der Waals surface area contributed by atoms with E-state index in [1.165, 1.54) is 141 Å². The molecule has 0 aromatic rings. The van der Waals surface area contributed by atoms with Gasteiger partial charge in [-0.2, -0.15) is 0 Å². The van der Waals surface area contributed by atoms with Crippen LogP contribution in [-0.2, 0) is 28.6 Å². The van der Waals surface area contributed by atoms with Gasteiger partial charge < -0.3 is 14.2 Å². The standard InChI is InChI=1S/C77H128O6/c1-4-7-10-13-16-19-22-25-28-31-33-34-35-36-37-38-39-40-41-42-43-44-45-47-49-52-55-58-61-64-67-70-76(79)82-73-74(72-81-75(78)69-66-63-60-57-54-51-48-30-27-24-21-18-15-12-9-6-3)83-77(80)71-68-65-62-59-56-53-50-46-32-29-26-23-20-17-14-11-8-5-2/h7,10,16,19-20,23,25,28-29,32-34,36-37,39-40,42-43,45,47,52,55,74H,4-6,8-9,11-15,17-18,21-22,24,26-27,30-31,35,38,41,44,46,48-51,53-54,56-73H2,1-3H3/b10-7-,19-16-,23-20-,28-25-,32-29-,34-33-,37-36-,40-39-,43-42-,47-45-,55-52-. The molecule has 0 radical (unpaired) electrons. The van der Waals surface area contributed by atoms with Crippen LogP contribution < -0.4 is 0 Å². The molecule has 0 fully saturated rings. The topological polar surface area (TPSA) is 78.9 Å². The largest absolute Gasteiger partial charge is 0.462 e. The van der Waals surface area contributed by atoms with E-state index >= 15 is 0 Å². The molecule has 6 heteroatoms. The number of rotatable bonds is 62. The van der Waals surface area contributed by atoms with Crippen LogP contribution in [0.2, 0.25) is 0 Å². The van der Waals surface area contributed by atoms with Crippen molar-refractivity contribution >= 4 is 17.9 Å². The van der Waals surface area contributed by atoms with Crippen LogP contribution in [0.3, 0.4) is 0 Å². The molecule has 0 saturated heterocycles. The Bertz CT molecular complexity index is 1750. The molecule has 1 atom stereocenters. The Morgan fingerprint density at radius 1 is 0.253 bits per heavy atom. The highest BCUT2D eigenvalue weighted by atomic mass is 16.6. The van der Waals surface area contributed by atoms with E-state index in [9.17, 15) is 14.4 Å². The van der Waals surface area contributed by atoms with Gasteiger partial charge in [-0.25, -0.2) is 0 Å². The van der Waals surface area contributed by atoms with Gasteiger partial charge in [0, 0.05) is 19.3 Å². The smallest absolute Gasteiger partial charge is 0.306 e. The second kappa shape index (κ2) is 70.0. The predicted octanol–water partition coefficient (Wildman–Crippen LogP) is 24.1. The number of allylic oxidation sites excluding steroid dienone is 22. The molecule has 0 amide bonds. The Morgan fingerprint density at radius 3 is 0.759 bits per heavy atom. The van der Waals surface area contributed by atoms with Crippen LogP contribution in [-0.4, -0.2) is 37.2 Å². The number of esters is 3. The summed E-state index contributed by atoms with van der Waals surface area (Å²) in [6, 6.07) is 0. The van der Waals surface area contributed by atoms with Crippen molar-refractivity contribution in [3.8, 4) is 0 Å². The molecule has 0 heterocycles. The third kappa shape index (κ3) is 68.2. The molecule has 0 aliphatic carbocycles. The van der Waals surface area contributed by atoms with E-state index in [1.54, 1.807) is 0 Å². The first-order valence-electron chi connectivity index (χ1n) is 34.7. The molecular formula is C77H128O6. The van der Waals surface area contributed by atoms with Crippen molar-refractivity contribution in [3.05, 3.63) is 134 Å². The van der Waals surface area contributed by atoms with Gasteiger partial charge in [-0.15, -0.1) is 0 Å². The average Bonchev–Trinajstić information content (AvgIpc) is 3.49.